The third kappa shape index (κ3) is 43.6. The van der Waals surface area contributed by atoms with Crippen LogP contribution in [0.4, 0.5) is 0 Å². The van der Waals surface area contributed by atoms with E-state index in [-0.39, 0.29) is 19.6 Å². The second-order valence-electron chi connectivity index (χ2n) is 15.0. The van der Waals surface area contributed by atoms with Crippen molar-refractivity contribution in [2.24, 2.45) is 0 Å². The number of aliphatic hydroxyl groups is 2. The Morgan fingerprint density at radius 2 is 1.00 bits per heavy atom. The Labute approximate surface area is 349 Å². The van der Waals surface area contributed by atoms with Gasteiger partial charge in [-0.1, -0.05) is 164 Å². The van der Waals surface area contributed by atoms with Crippen molar-refractivity contribution < 1.29 is 43.0 Å². The molecular formula is C47H85O9P. The number of carbonyl (C=O) groups excluding carboxylic acids is 1. The Morgan fingerprint density at radius 1 is 0.561 bits per heavy atom. The van der Waals surface area contributed by atoms with Crippen LogP contribution >= 0.6 is 7.82 Å². The van der Waals surface area contributed by atoms with Gasteiger partial charge in [-0.25, -0.2) is 4.57 Å². The molecule has 0 aromatic carbocycles. The van der Waals surface area contributed by atoms with Gasteiger partial charge in [0.1, 0.15) is 12.2 Å². The quantitative estimate of drug-likeness (QED) is 0.0238. The molecule has 0 fully saturated rings. The molecule has 9 nitrogen and oxygen atoms in total. The molecule has 0 amide bonds. The number of ether oxygens (including phenoxy) is 2. The first kappa shape index (κ1) is 55.2. The molecule has 0 saturated carbocycles. The summed E-state index contributed by atoms with van der Waals surface area (Å²) in [7, 11) is -4.53. The number of phosphoric acid groups is 1. The lowest BCUT2D eigenvalue weighted by atomic mass is 10.1. The number of hydrogen-bond donors (Lipinski definition) is 3. The van der Waals surface area contributed by atoms with E-state index >= 15 is 0 Å². The molecule has 0 aliphatic carbocycles. The van der Waals surface area contributed by atoms with E-state index in [4.69, 9.17) is 23.6 Å². The Morgan fingerprint density at radius 3 is 1.53 bits per heavy atom. The number of rotatable bonds is 43. The van der Waals surface area contributed by atoms with E-state index < -0.39 is 39.2 Å². The second kappa shape index (κ2) is 43.7. The maximum Gasteiger partial charge on any atom is 0.472 e. The van der Waals surface area contributed by atoms with Crippen molar-refractivity contribution in [2.75, 3.05) is 33.0 Å². The smallest absolute Gasteiger partial charge is 0.457 e. The van der Waals surface area contributed by atoms with Crippen molar-refractivity contribution in [1.29, 1.82) is 0 Å². The van der Waals surface area contributed by atoms with Crippen molar-refractivity contribution in [3.05, 3.63) is 60.8 Å². The first-order valence-electron chi connectivity index (χ1n) is 22.8. The molecular weight excluding hydrogens is 739 g/mol. The molecule has 0 rings (SSSR count). The lowest BCUT2D eigenvalue weighted by Crippen LogP contribution is -2.29. The molecule has 0 aromatic rings. The summed E-state index contributed by atoms with van der Waals surface area (Å²) >= 11 is 0. The minimum Gasteiger partial charge on any atom is -0.457 e. The number of unbranched alkanes of at least 4 members (excludes halogenated alkanes) is 19. The third-order valence-electron chi connectivity index (χ3n) is 9.44. The van der Waals surface area contributed by atoms with Crippen LogP contribution in [-0.4, -0.2) is 66.3 Å². The van der Waals surface area contributed by atoms with Gasteiger partial charge in [0.25, 0.3) is 0 Å². The largest absolute Gasteiger partial charge is 0.472 e. The molecule has 3 N–H and O–H groups in total. The molecule has 57 heavy (non-hydrogen) atoms. The summed E-state index contributed by atoms with van der Waals surface area (Å²) < 4.78 is 33.4. The topological polar surface area (TPSA) is 132 Å². The number of allylic oxidation sites excluding steroid dienone is 10. The standard InChI is InChI=1S/C47H85O9P/c1-3-5-7-9-11-13-15-17-19-21-23-25-27-29-31-33-35-37-39-47(50)56-46(44-55-57(51,52)54-42-45(49)41-48)43-53-40-38-36-34-32-30-28-26-24-22-20-18-16-14-12-10-8-6-4-2/h6,8,12,14,18-21,24,26,45-46,48-49H,3-5,7,9-11,13,15-17,22-23,25,27-44H2,1-2H3,(H,51,52)/b8-6-,14-12-,20-18-,21-19-,26-24-. The van der Waals surface area contributed by atoms with E-state index in [0.717, 1.165) is 96.3 Å². The van der Waals surface area contributed by atoms with Crippen LogP contribution in [0.25, 0.3) is 0 Å². The lowest BCUT2D eigenvalue weighted by Gasteiger charge is -2.20. The van der Waals surface area contributed by atoms with Crippen LogP contribution in [0.2, 0.25) is 0 Å². The maximum absolute atomic E-state index is 12.6. The van der Waals surface area contributed by atoms with E-state index in [9.17, 15) is 19.4 Å². The van der Waals surface area contributed by atoms with Gasteiger partial charge in [0.15, 0.2) is 0 Å². The predicted molar refractivity (Wildman–Crippen MR) is 237 cm³/mol. The normalized spacial score (nSPS) is 14.5. The number of hydrogen-bond acceptors (Lipinski definition) is 8. The first-order valence-corrected chi connectivity index (χ1v) is 24.3. The van der Waals surface area contributed by atoms with Gasteiger partial charge >= 0.3 is 13.8 Å². The van der Waals surface area contributed by atoms with E-state index in [1.54, 1.807) is 0 Å². The Kier molecular flexibility index (Phi) is 42.3. The van der Waals surface area contributed by atoms with Crippen LogP contribution in [0.5, 0.6) is 0 Å². The Balaban J connectivity index is 4.20. The van der Waals surface area contributed by atoms with Gasteiger partial charge in [-0.3, -0.25) is 13.8 Å². The van der Waals surface area contributed by atoms with Crippen molar-refractivity contribution in [2.45, 2.75) is 199 Å². The molecule has 0 heterocycles. The van der Waals surface area contributed by atoms with E-state index in [2.05, 4.69) is 74.6 Å². The number of esters is 1. The van der Waals surface area contributed by atoms with Gasteiger partial charge in [-0.15, -0.1) is 0 Å². The van der Waals surface area contributed by atoms with E-state index in [1.807, 2.05) is 0 Å². The highest BCUT2D eigenvalue weighted by Crippen LogP contribution is 2.43. The van der Waals surface area contributed by atoms with Crippen LogP contribution in [0, 0.1) is 0 Å². The molecule has 0 saturated heterocycles. The molecule has 0 bridgehead atoms. The molecule has 332 valence electrons. The van der Waals surface area contributed by atoms with Gasteiger partial charge in [0.2, 0.25) is 0 Å². The summed E-state index contributed by atoms with van der Waals surface area (Å²) in [5.41, 5.74) is 0. The van der Waals surface area contributed by atoms with Crippen molar-refractivity contribution in [3.8, 4) is 0 Å². The summed E-state index contributed by atoms with van der Waals surface area (Å²) in [6.45, 7) is 3.35. The average Bonchev–Trinajstić information content (AvgIpc) is 3.20. The zero-order valence-corrected chi connectivity index (χ0v) is 37.2. The lowest BCUT2D eigenvalue weighted by molar-refractivity contribution is -0.154. The van der Waals surface area contributed by atoms with Gasteiger partial charge in [0, 0.05) is 13.0 Å². The zero-order valence-electron chi connectivity index (χ0n) is 36.3. The highest BCUT2D eigenvalue weighted by atomic mass is 31.2. The Hall–Kier alpha value is -1.84. The molecule has 3 unspecified atom stereocenters. The second-order valence-corrected chi connectivity index (χ2v) is 16.5. The first-order chi connectivity index (χ1) is 27.8. The number of carbonyl (C=O) groups is 1. The summed E-state index contributed by atoms with van der Waals surface area (Å²) in [6.07, 6.45) is 50.3. The van der Waals surface area contributed by atoms with Crippen LogP contribution in [0.3, 0.4) is 0 Å². The van der Waals surface area contributed by atoms with Gasteiger partial charge in [0.05, 0.1) is 26.4 Å². The molecule has 0 spiro atoms. The summed E-state index contributed by atoms with van der Waals surface area (Å²) in [4.78, 5) is 22.6. The van der Waals surface area contributed by atoms with Crippen molar-refractivity contribution in [3.63, 3.8) is 0 Å². The van der Waals surface area contributed by atoms with Crippen LogP contribution in [-0.2, 0) is 27.9 Å². The van der Waals surface area contributed by atoms with Crippen LogP contribution < -0.4 is 0 Å². The van der Waals surface area contributed by atoms with Crippen molar-refractivity contribution in [1.82, 2.24) is 0 Å². The summed E-state index contributed by atoms with van der Waals surface area (Å²) in [5.74, 6) is -0.395. The Bertz CT molecular complexity index is 1070. The van der Waals surface area contributed by atoms with Crippen LogP contribution in [0.1, 0.15) is 187 Å². The molecule has 0 aliphatic heterocycles. The van der Waals surface area contributed by atoms with E-state index in [0.29, 0.717) is 6.61 Å². The fourth-order valence-corrected chi connectivity index (χ4v) is 6.78. The highest BCUT2D eigenvalue weighted by Gasteiger charge is 2.26. The van der Waals surface area contributed by atoms with Gasteiger partial charge in [-0.2, -0.15) is 0 Å². The molecule has 0 radical (unpaired) electrons. The molecule has 3 atom stereocenters. The minimum atomic E-state index is -4.53. The SMILES string of the molecule is CC/C=C\C/C=C\C/C=C\C/C=C\CCCCCCCOCC(COP(=O)(O)OCC(O)CO)OC(=O)CCCCCCCCC/C=C\CCCCCCCCC. The van der Waals surface area contributed by atoms with Gasteiger partial charge < -0.3 is 24.6 Å². The fourth-order valence-electron chi connectivity index (χ4n) is 5.99. The molecule has 0 aromatic heterocycles. The zero-order chi connectivity index (χ0) is 41.8. The molecule has 0 aliphatic rings. The fraction of sp³-hybridized carbons (Fsp3) is 0.766. The van der Waals surface area contributed by atoms with Gasteiger partial charge in [-0.05, 0) is 77.0 Å². The summed E-state index contributed by atoms with van der Waals surface area (Å²) in [5, 5.41) is 18.4. The number of phosphoric ester groups is 1. The third-order valence-corrected chi connectivity index (χ3v) is 10.4. The number of aliphatic hydroxyl groups excluding tert-OH is 2. The minimum absolute atomic E-state index is 0.0329. The summed E-state index contributed by atoms with van der Waals surface area (Å²) in [6, 6.07) is 0. The predicted octanol–water partition coefficient (Wildman–Crippen LogP) is 12.8. The van der Waals surface area contributed by atoms with Crippen molar-refractivity contribution >= 4 is 13.8 Å². The highest BCUT2D eigenvalue weighted by molar-refractivity contribution is 7.47. The van der Waals surface area contributed by atoms with Crippen LogP contribution in [0.15, 0.2) is 60.8 Å². The van der Waals surface area contributed by atoms with E-state index in [1.165, 1.54) is 70.6 Å². The molecule has 10 heteroatoms. The maximum atomic E-state index is 12.6. The monoisotopic (exact) mass is 825 g/mol. The average molecular weight is 825 g/mol.